The lowest BCUT2D eigenvalue weighted by atomic mass is 10.1. The number of ether oxygens (including phenoxy) is 1. The van der Waals surface area contributed by atoms with Crippen LogP contribution >= 0.6 is 15.9 Å². The van der Waals surface area contributed by atoms with Gasteiger partial charge in [-0.2, -0.15) is 10.2 Å². The molecular formula is C25H29BrN4O2. The molecular weight excluding hydrogens is 468 g/mol. The van der Waals surface area contributed by atoms with Gasteiger partial charge in [0.25, 0.3) is 5.91 Å². The number of aromatic amines is 1. The monoisotopic (exact) mass is 496 g/mol. The van der Waals surface area contributed by atoms with Gasteiger partial charge in [0, 0.05) is 15.6 Å². The van der Waals surface area contributed by atoms with Crippen LogP contribution in [-0.2, 0) is 0 Å². The highest BCUT2D eigenvalue weighted by Crippen LogP contribution is 2.22. The first-order valence-corrected chi connectivity index (χ1v) is 11.8. The second kappa shape index (κ2) is 12.8. The summed E-state index contributed by atoms with van der Waals surface area (Å²) in [4.78, 5) is 12.3. The molecule has 0 unspecified atom stereocenters. The van der Waals surface area contributed by atoms with Crippen LogP contribution in [0.5, 0.6) is 5.75 Å². The zero-order valence-electron chi connectivity index (χ0n) is 18.3. The van der Waals surface area contributed by atoms with Gasteiger partial charge in [-0.25, -0.2) is 5.43 Å². The molecule has 0 aliphatic carbocycles. The summed E-state index contributed by atoms with van der Waals surface area (Å²) in [7, 11) is 0. The van der Waals surface area contributed by atoms with Crippen molar-refractivity contribution in [2.24, 2.45) is 5.10 Å². The predicted octanol–water partition coefficient (Wildman–Crippen LogP) is 6.34. The van der Waals surface area contributed by atoms with E-state index in [-0.39, 0.29) is 5.91 Å². The number of rotatable bonds is 12. The first-order chi connectivity index (χ1) is 15.7. The zero-order valence-corrected chi connectivity index (χ0v) is 19.9. The van der Waals surface area contributed by atoms with Crippen molar-refractivity contribution in [2.75, 3.05) is 6.61 Å². The molecule has 2 aromatic carbocycles. The Morgan fingerprint density at radius 2 is 1.84 bits per heavy atom. The second-order valence-electron chi connectivity index (χ2n) is 7.53. The van der Waals surface area contributed by atoms with Crippen molar-refractivity contribution in [2.45, 2.75) is 45.4 Å². The minimum absolute atomic E-state index is 0.340. The van der Waals surface area contributed by atoms with Crippen LogP contribution in [0.2, 0.25) is 0 Å². The molecule has 7 heteroatoms. The SMILES string of the molecule is CCCCCCCCOc1ccc(-c2cc(C(=O)NN=Cc3ccccc3Br)[nH]n2)cc1. The summed E-state index contributed by atoms with van der Waals surface area (Å²) >= 11 is 3.44. The van der Waals surface area contributed by atoms with Crippen LogP contribution in [0.25, 0.3) is 11.3 Å². The zero-order chi connectivity index (χ0) is 22.6. The highest BCUT2D eigenvalue weighted by molar-refractivity contribution is 9.10. The number of nitrogens with zero attached hydrogens (tertiary/aromatic N) is 2. The number of hydrogen-bond donors (Lipinski definition) is 2. The third kappa shape index (κ3) is 7.34. The van der Waals surface area contributed by atoms with Crippen LogP contribution in [0.3, 0.4) is 0 Å². The average Bonchev–Trinajstić information content (AvgIpc) is 3.31. The van der Waals surface area contributed by atoms with Crippen molar-refractivity contribution < 1.29 is 9.53 Å². The van der Waals surface area contributed by atoms with Crippen molar-refractivity contribution in [3.05, 3.63) is 70.3 Å². The van der Waals surface area contributed by atoms with Crippen LogP contribution in [0.4, 0.5) is 0 Å². The van der Waals surface area contributed by atoms with Gasteiger partial charge in [0.05, 0.1) is 18.5 Å². The molecule has 0 bridgehead atoms. The Hall–Kier alpha value is -2.93. The number of carbonyl (C=O) groups is 1. The van der Waals surface area contributed by atoms with Gasteiger partial charge in [-0.15, -0.1) is 0 Å². The second-order valence-corrected chi connectivity index (χ2v) is 8.38. The molecule has 0 spiro atoms. The summed E-state index contributed by atoms with van der Waals surface area (Å²) in [6.07, 6.45) is 9.05. The van der Waals surface area contributed by atoms with Crippen molar-refractivity contribution in [1.29, 1.82) is 0 Å². The van der Waals surface area contributed by atoms with E-state index in [1.54, 1.807) is 12.3 Å². The minimum Gasteiger partial charge on any atom is -0.494 e. The number of amides is 1. The van der Waals surface area contributed by atoms with Gasteiger partial charge in [0.15, 0.2) is 0 Å². The third-order valence-corrected chi connectivity index (χ3v) is 5.74. The predicted molar refractivity (Wildman–Crippen MR) is 132 cm³/mol. The van der Waals surface area contributed by atoms with Crippen molar-refractivity contribution in [3.8, 4) is 17.0 Å². The first kappa shape index (κ1) is 23.7. The number of benzene rings is 2. The third-order valence-electron chi connectivity index (χ3n) is 5.01. The summed E-state index contributed by atoms with van der Waals surface area (Å²) in [5.74, 6) is 0.489. The summed E-state index contributed by atoms with van der Waals surface area (Å²) in [6.45, 7) is 2.96. The van der Waals surface area contributed by atoms with E-state index in [9.17, 15) is 4.79 Å². The van der Waals surface area contributed by atoms with E-state index < -0.39 is 0 Å². The maximum Gasteiger partial charge on any atom is 0.289 e. The highest BCUT2D eigenvalue weighted by Gasteiger charge is 2.10. The molecule has 3 rings (SSSR count). The molecule has 32 heavy (non-hydrogen) atoms. The van der Waals surface area contributed by atoms with Crippen LogP contribution in [0.1, 0.15) is 61.5 Å². The molecule has 0 fully saturated rings. The van der Waals surface area contributed by atoms with E-state index in [1.165, 1.54) is 32.1 Å². The average molecular weight is 497 g/mol. The number of aromatic nitrogens is 2. The Morgan fingerprint density at radius 3 is 2.62 bits per heavy atom. The molecule has 0 saturated heterocycles. The quantitative estimate of drug-likeness (QED) is 0.174. The molecule has 3 aromatic rings. The Balaban J connectivity index is 1.47. The summed E-state index contributed by atoms with van der Waals surface area (Å²) in [5.41, 5.74) is 5.32. The van der Waals surface area contributed by atoms with Gasteiger partial charge < -0.3 is 4.74 Å². The number of carbonyl (C=O) groups excluding carboxylic acids is 1. The Labute approximate surface area is 197 Å². The number of unbranched alkanes of at least 4 members (excludes halogenated alkanes) is 5. The maximum absolute atomic E-state index is 12.3. The van der Waals surface area contributed by atoms with E-state index >= 15 is 0 Å². The van der Waals surface area contributed by atoms with Crippen LogP contribution in [0, 0.1) is 0 Å². The smallest absolute Gasteiger partial charge is 0.289 e. The van der Waals surface area contributed by atoms with Crippen molar-refractivity contribution in [1.82, 2.24) is 15.6 Å². The van der Waals surface area contributed by atoms with E-state index in [0.717, 1.165) is 34.4 Å². The lowest BCUT2D eigenvalue weighted by molar-refractivity contribution is 0.0950. The molecule has 0 aliphatic heterocycles. The lowest BCUT2D eigenvalue weighted by Crippen LogP contribution is -2.18. The highest BCUT2D eigenvalue weighted by atomic mass is 79.9. The molecule has 0 atom stereocenters. The molecule has 0 radical (unpaired) electrons. The largest absolute Gasteiger partial charge is 0.494 e. The fraction of sp³-hybridized carbons (Fsp3) is 0.320. The maximum atomic E-state index is 12.3. The standard InChI is InChI=1S/C25H29BrN4O2/c1-2-3-4-5-6-9-16-32-21-14-12-19(13-15-21)23-17-24(29-28-23)25(31)30-27-18-20-10-7-8-11-22(20)26/h7-8,10-15,17-18H,2-6,9,16H2,1H3,(H,28,29)(H,30,31). The summed E-state index contributed by atoms with van der Waals surface area (Å²) in [6, 6.07) is 17.1. The van der Waals surface area contributed by atoms with Gasteiger partial charge in [-0.3, -0.25) is 9.89 Å². The van der Waals surface area contributed by atoms with Gasteiger partial charge >= 0.3 is 0 Å². The molecule has 1 amide bonds. The molecule has 2 N–H and O–H groups in total. The van der Waals surface area contributed by atoms with Gasteiger partial charge in [-0.05, 0) is 42.8 Å². The van der Waals surface area contributed by atoms with Crippen LogP contribution in [-0.4, -0.2) is 28.9 Å². The van der Waals surface area contributed by atoms with Gasteiger partial charge in [0.2, 0.25) is 0 Å². The van der Waals surface area contributed by atoms with Crippen molar-refractivity contribution in [3.63, 3.8) is 0 Å². The molecule has 168 valence electrons. The number of halogens is 1. The topological polar surface area (TPSA) is 79.4 Å². The molecule has 0 saturated carbocycles. The normalized spacial score (nSPS) is 11.1. The van der Waals surface area contributed by atoms with Crippen molar-refractivity contribution >= 4 is 28.1 Å². The van der Waals surface area contributed by atoms with Gasteiger partial charge in [-0.1, -0.05) is 73.2 Å². The number of hydrogen-bond acceptors (Lipinski definition) is 4. The Kier molecular flexibility index (Phi) is 9.50. The molecule has 0 aliphatic rings. The lowest BCUT2D eigenvalue weighted by Gasteiger charge is -2.06. The Bertz CT molecular complexity index is 1010. The van der Waals surface area contributed by atoms with Crippen LogP contribution < -0.4 is 10.2 Å². The van der Waals surface area contributed by atoms with E-state index in [2.05, 4.69) is 43.6 Å². The number of nitrogens with one attached hydrogen (secondary N) is 2. The number of hydrazone groups is 1. The van der Waals surface area contributed by atoms with E-state index in [4.69, 9.17) is 4.74 Å². The molecule has 1 heterocycles. The minimum atomic E-state index is -0.356. The fourth-order valence-corrected chi connectivity index (χ4v) is 3.57. The van der Waals surface area contributed by atoms with Crippen LogP contribution in [0.15, 0.2) is 64.2 Å². The molecule has 1 aromatic heterocycles. The van der Waals surface area contributed by atoms with E-state index in [0.29, 0.717) is 11.4 Å². The van der Waals surface area contributed by atoms with Gasteiger partial charge in [0.1, 0.15) is 11.4 Å². The Morgan fingerprint density at radius 1 is 1.09 bits per heavy atom. The number of H-pyrrole nitrogens is 1. The summed E-state index contributed by atoms with van der Waals surface area (Å²) in [5, 5.41) is 11.0. The van der Waals surface area contributed by atoms with E-state index in [1.807, 2.05) is 48.5 Å². The fourth-order valence-electron chi connectivity index (χ4n) is 3.18. The first-order valence-electron chi connectivity index (χ1n) is 11.0. The molecule has 6 nitrogen and oxygen atoms in total. The summed E-state index contributed by atoms with van der Waals surface area (Å²) < 4.78 is 6.73.